The minimum atomic E-state index is -0.767. The summed E-state index contributed by atoms with van der Waals surface area (Å²) in [6.07, 6.45) is 5.20. The molecular weight excluding hydrogens is 264 g/mol. The zero-order chi connectivity index (χ0) is 15.0. The van der Waals surface area contributed by atoms with Crippen LogP contribution < -0.4 is 4.90 Å². The Morgan fingerprint density at radius 3 is 2.86 bits per heavy atom. The van der Waals surface area contributed by atoms with E-state index in [1.807, 2.05) is 24.0 Å². The molecule has 2 aliphatic rings. The van der Waals surface area contributed by atoms with Crippen LogP contribution in [-0.2, 0) is 4.79 Å². The van der Waals surface area contributed by atoms with Gasteiger partial charge in [-0.15, -0.1) is 0 Å². The molecule has 4 nitrogen and oxygen atoms in total. The number of rotatable bonds is 2. The van der Waals surface area contributed by atoms with E-state index in [4.69, 9.17) is 0 Å². The van der Waals surface area contributed by atoms with Crippen molar-refractivity contribution in [3.8, 4) is 6.07 Å². The Bertz CT molecular complexity index is 605. The van der Waals surface area contributed by atoms with Gasteiger partial charge in [-0.3, -0.25) is 0 Å². The topological polar surface area (TPSA) is 64.3 Å². The van der Waals surface area contributed by atoms with Crippen molar-refractivity contribution in [1.29, 1.82) is 5.26 Å². The third-order valence-corrected chi connectivity index (χ3v) is 4.99. The maximum atomic E-state index is 11.7. The van der Waals surface area contributed by atoms with Crippen molar-refractivity contribution in [3.63, 3.8) is 0 Å². The Hall–Kier alpha value is -2.02. The van der Waals surface area contributed by atoms with Crippen LogP contribution in [0.3, 0.4) is 0 Å². The second kappa shape index (κ2) is 5.40. The molecule has 1 N–H and O–H groups in total. The fourth-order valence-corrected chi connectivity index (χ4v) is 4.09. The van der Waals surface area contributed by atoms with E-state index in [1.165, 1.54) is 6.42 Å². The number of carboxylic acids is 1. The average Bonchev–Trinajstić information content (AvgIpc) is 2.86. The van der Waals surface area contributed by atoms with Crippen LogP contribution in [0, 0.1) is 24.2 Å². The molecule has 1 aliphatic heterocycles. The zero-order valence-electron chi connectivity index (χ0n) is 12.2. The smallest absolute Gasteiger partial charge is 0.326 e. The van der Waals surface area contributed by atoms with E-state index < -0.39 is 12.0 Å². The van der Waals surface area contributed by atoms with Crippen LogP contribution in [0.5, 0.6) is 0 Å². The van der Waals surface area contributed by atoms with E-state index in [-0.39, 0.29) is 6.04 Å². The Balaban J connectivity index is 2.09. The maximum Gasteiger partial charge on any atom is 0.326 e. The number of aryl methyl sites for hydroxylation is 1. The molecule has 0 radical (unpaired) electrons. The van der Waals surface area contributed by atoms with Gasteiger partial charge in [-0.1, -0.05) is 25.0 Å². The number of aliphatic carboxylic acids is 1. The van der Waals surface area contributed by atoms with Crippen LogP contribution in [0.2, 0.25) is 0 Å². The monoisotopic (exact) mass is 284 g/mol. The number of hydrogen-bond donors (Lipinski definition) is 1. The molecule has 3 atom stereocenters. The average molecular weight is 284 g/mol. The van der Waals surface area contributed by atoms with Crippen LogP contribution >= 0.6 is 0 Å². The number of benzene rings is 1. The van der Waals surface area contributed by atoms with E-state index in [2.05, 4.69) is 6.07 Å². The fourth-order valence-electron chi connectivity index (χ4n) is 4.09. The highest BCUT2D eigenvalue weighted by molar-refractivity contribution is 5.81. The summed E-state index contributed by atoms with van der Waals surface area (Å²) in [6, 6.07) is 7.63. The molecule has 1 heterocycles. The van der Waals surface area contributed by atoms with Crippen molar-refractivity contribution in [1.82, 2.24) is 0 Å². The number of carboxylic acid groups (broad SMARTS) is 1. The molecule has 1 aromatic rings. The molecule has 21 heavy (non-hydrogen) atoms. The van der Waals surface area contributed by atoms with E-state index in [9.17, 15) is 15.2 Å². The first kappa shape index (κ1) is 13.9. The highest BCUT2D eigenvalue weighted by atomic mass is 16.4. The second-order valence-electron chi connectivity index (χ2n) is 6.19. The van der Waals surface area contributed by atoms with E-state index in [0.717, 1.165) is 30.5 Å². The van der Waals surface area contributed by atoms with Crippen molar-refractivity contribution in [3.05, 3.63) is 29.3 Å². The van der Waals surface area contributed by atoms with Gasteiger partial charge in [0.1, 0.15) is 12.1 Å². The standard InChI is InChI=1S/C17H20N2O2/c1-11-5-4-7-13(10-18)16(11)19-14-8-3-2-6-12(14)9-15(19)17(20)21/h4-5,7,12,14-15H,2-3,6,8-9H2,1H3,(H,20,21). The molecule has 2 fully saturated rings. The highest BCUT2D eigenvalue weighted by Crippen LogP contribution is 2.44. The summed E-state index contributed by atoms with van der Waals surface area (Å²) >= 11 is 0. The van der Waals surface area contributed by atoms with Crippen LogP contribution in [0.15, 0.2) is 18.2 Å². The van der Waals surface area contributed by atoms with Gasteiger partial charge < -0.3 is 10.0 Å². The molecule has 0 amide bonds. The van der Waals surface area contributed by atoms with E-state index >= 15 is 0 Å². The summed E-state index contributed by atoms with van der Waals surface area (Å²) in [6.45, 7) is 1.96. The number of fused-ring (bicyclic) bond motifs is 1. The largest absolute Gasteiger partial charge is 0.480 e. The number of anilines is 1. The number of nitriles is 1. The first-order valence-corrected chi connectivity index (χ1v) is 7.64. The lowest BCUT2D eigenvalue weighted by atomic mass is 9.84. The lowest BCUT2D eigenvalue weighted by Gasteiger charge is -2.36. The summed E-state index contributed by atoms with van der Waals surface area (Å²) in [5.74, 6) is -0.317. The molecule has 1 aliphatic carbocycles. The van der Waals surface area contributed by atoms with Gasteiger partial charge in [0.25, 0.3) is 0 Å². The first-order valence-electron chi connectivity index (χ1n) is 7.64. The van der Waals surface area contributed by atoms with Crippen molar-refractivity contribution in [2.45, 2.75) is 51.1 Å². The summed E-state index contributed by atoms with van der Waals surface area (Å²) in [4.78, 5) is 13.8. The number of nitrogens with zero attached hydrogens (tertiary/aromatic N) is 2. The summed E-state index contributed by atoms with van der Waals surface area (Å²) < 4.78 is 0. The normalized spacial score (nSPS) is 28.0. The zero-order valence-corrected chi connectivity index (χ0v) is 12.2. The van der Waals surface area contributed by atoms with Gasteiger partial charge in [-0.25, -0.2) is 4.79 Å². The highest BCUT2D eigenvalue weighted by Gasteiger charge is 2.46. The maximum absolute atomic E-state index is 11.7. The second-order valence-corrected chi connectivity index (χ2v) is 6.19. The number of para-hydroxylation sites is 1. The Morgan fingerprint density at radius 1 is 1.38 bits per heavy atom. The predicted octanol–water partition coefficient (Wildman–Crippen LogP) is 3.09. The van der Waals surface area contributed by atoms with Crippen LogP contribution in [-0.4, -0.2) is 23.2 Å². The summed E-state index contributed by atoms with van der Waals surface area (Å²) in [5.41, 5.74) is 2.42. The van der Waals surface area contributed by atoms with Crippen molar-refractivity contribution in [2.75, 3.05) is 4.90 Å². The fraction of sp³-hybridized carbons (Fsp3) is 0.529. The third-order valence-electron chi connectivity index (χ3n) is 4.99. The molecule has 1 saturated carbocycles. The lowest BCUT2D eigenvalue weighted by Crippen LogP contribution is -2.43. The molecule has 110 valence electrons. The molecule has 0 spiro atoms. The van der Waals surface area contributed by atoms with Crippen molar-refractivity contribution >= 4 is 11.7 Å². The van der Waals surface area contributed by atoms with Crippen molar-refractivity contribution < 1.29 is 9.90 Å². The van der Waals surface area contributed by atoms with Gasteiger partial charge >= 0.3 is 5.97 Å². The molecule has 0 bridgehead atoms. The van der Waals surface area contributed by atoms with Crippen LogP contribution in [0.1, 0.15) is 43.2 Å². The van der Waals surface area contributed by atoms with E-state index in [1.54, 1.807) is 6.07 Å². The van der Waals surface area contributed by atoms with Crippen LogP contribution in [0.4, 0.5) is 5.69 Å². The van der Waals surface area contributed by atoms with Gasteiger partial charge in [0.05, 0.1) is 11.3 Å². The third kappa shape index (κ3) is 2.27. The predicted molar refractivity (Wildman–Crippen MR) is 80.2 cm³/mol. The van der Waals surface area contributed by atoms with Crippen molar-refractivity contribution in [2.24, 2.45) is 5.92 Å². The molecule has 3 unspecified atom stereocenters. The molecular formula is C17H20N2O2. The van der Waals surface area contributed by atoms with Gasteiger partial charge in [0.2, 0.25) is 0 Å². The number of hydrogen-bond acceptors (Lipinski definition) is 3. The quantitative estimate of drug-likeness (QED) is 0.906. The Morgan fingerprint density at radius 2 is 2.14 bits per heavy atom. The first-order chi connectivity index (χ1) is 10.1. The molecule has 4 heteroatoms. The molecule has 1 saturated heterocycles. The van der Waals surface area contributed by atoms with Gasteiger partial charge in [0, 0.05) is 6.04 Å². The lowest BCUT2D eigenvalue weighted by molar-refractivity contribution is -0.138. The Kier molecular flexibility index (Phi) is 3.59. The summed E-state index contributed by atoms with van der Waals surface area (Å²) in [7, 11) is 0. The van der Waals surface area contributed by atoms with Crippen LogP contribution in [0.25, 0.3) is 0 Å². The van der Waals surface area contributed by atoms with Gasteiger partial charge in [-0.05, 0) is 43.7 Å². The molecule has 0 aromatic heterocycles. The minimum Gasteiger partial charge on any atom is -0.480 e. The number of carbonyl (C=O) groups is 1. The van der Waals surface area contributed by atoms with Gasteiger partial charge in [-0.2, -0.15) is 5.26 Å². The SMILES string of the molecule is Cc1cccc(C#N)c1N1C(C(=O)O)CC2CCCCC21. The molecule has 1 aromatic carbocycles. The van der Waals surface area contributed by atoms with Gasteiger partial charge in [0.15, 0.2) is 0 Å². The molecule has 3 rings (SSSR count). The summed E-state index contributed by atoms with van der Waals surface area (Å²) in [5, 5.41) is 19.0. The van der Waals surface area contributed by atoms with E-state index in [0.29, 0.717) is 17.9 Å². The minimum absolute atomic E-state index is 0.271. The Labute approximate surface area is 125 Å².